The molecule has 1 atom stereocenters. The second-order valence-corrected chi connectivity index (χ2v) is 22.1. The Morgan fingerprint density at radius 1 is 0.727 bits per heavy atom. The molecule has 4 aromatic carbocycles. The number of carboxylic acid groups (broad SMARTS) is 2. The number of nitrogens with one attached hydrogen (secondary N) is 3. The molecule has 0 aliphatic carbocycles. The largest absolute Gasteiger partial charge is 0.497 e. The zero-order valence-corrected chi connectivity index (χ0v) is 41.8. The van der Waals surface area contributed by atoms with Gasteiger partial charge in [0.1, 0.15) is 27.0 Å². The minimum atomic E-state index is -4.97. The molecule has 0 unspecified atom stereocenters. The lowest BCUT2D eigenvalue weighted by Gasteiger charge is -2.57. The first-order chi connectivity index (χ1) is 30.9. The van der Waals surface area contributed by atoms with Crippen LogP contribution in [0, 0.1) is 14.4 Å². The Hall–Kier alpha value is -5.56. The van der Waals surface area contributed by atoms with Crippen molar-refractivity contribution in [3.8, 4) is 28.6 Å². The van der Waals surface area contributed by atoms with E-state index >= 15 is 16.8 Å². The van der Waals surface area contributed by atoms with E-state index in [0.29, 0.717) is 28.4 Å². The number of aromatic nitrogens is 4. The van der Waals surface area contributed by atoms with Crippen molar-refractivity contribution >= 4 is 54.8 Å². The summed E-state index contributed by atoms with van der Waals surface area (Å²) in [6, 6.07) is 21.6. The van der Waals surface area contributed by atoms with Crippen molar-refractivity contribution < 1.29 is 50.8 Å². The molecule has 5 N–H and O–H groups in total. The summed E-state index contributed by atoms with van der Waals surface area (Å²) >= 11 is 1.89. The average molecular weight is 1060 g/mol. The maximum Gasteiger partial charge on any atom is 0.405 e. The molecule has 2 amide bonds. The SMILES string of the molecule is COc1ccc(CN(Cc2ccc(OC)cc2)S(=O)(=O)c2c(S(=O)(=O)NC[C@@H](NC(=O)O)C(NC(=O)O)(C(C)(C)C)C(C)(C)C)ccc(I)c2-c2nnn(Cc3ccc(OC)cc3)n2)cc1. The molecular weight excluding hydrogens is 1010 g/mol. The standard InChI is InChI=1S/C44H55IN8O11S2/c1-42(2,3)44(43(4,5)6,48-41(56)57)36(47-40(54)55)24-46-65(58,59)35-23-22-34(45)37(39-49-51-53(50-39)27-30-14-20-33(64-9)21-15-30)38(35)66(60,61)52(25-28-10-16-31(62-7)17-11-28)26-29-12-18-32(63-8)19-13-29/h10-23,36,46-48H,24-27H2,1-9H3,(H,54,55)(H,56,57)/t36-/m1/s1. The lowest BCUT2D eigenvalue weighted by atomic mass is 9.56. The van der Waals surface area contributed by atoms with Crippen LogP contribution in [0.5, 0.6) is 17.2 Å². The number of carbonyl (C=O) groups is 2. The lowest BCUT2D eigenvalue weighted by Crippen LogP contribution is -2.75. The molecule has 5 rings (SSSR count). The van der Waals surface area contributed by atoms with Crippen molar-refractivity contribution in [2.24, 2.45) is 10.8 Å². The number of halogens is 1. The van der Waals surface area contributed by atoms with Crippen LogP contribution in [0.4, 0.5) is 9.59 Å². The highest BCUT2D eigenvalue weighted by molar-refractivity contribution is 14.1. The Bertz CT molecular complexity index is 2660. The zero-order chi connectivity index (χ0) is 48.8. The summed E-state index contributed by atoms with van der Waals surface area (Å²) in [5, 5.41) is 38.1. The van der Waals surface area contributed by atoms with Crippen molar-refractivity contribution in [1.29, 1.82) is 0 Å². The Kier molecular flexibility index (Phi) is 16.0. The smallest absolute Gasteiger partial charge is 0.405 e. The Morgan fingerprint density at radius 3 is 1.62 bits per heavy atom. The van der Waals surface area contributed by atoms with Crippen molar-refractivity contribution in [3.05, 3.63) is 105 Å². The van der Waals surface area contributed by atoms with E-state index < -0.39 is 71.0 Å². The number of sulfonamides is 2. The van der Waals surface area contributed by atoms with Crippen molar-refractivity contribution in [2.45, 2.75) is 82.5 Å². The third-order valence-corrected chi connectivity index (χ3v) is 15.5. The molecule has 0 radical (unpaired) electrons. The van der Waals surface area contributed by atoms with Gasteiger partial charge in [0.25, 0.3) is 0 Å². The van der Waals surface area contributed by atoms with Crippen LogP contribution in [0.15, 0.2) is 94.7 Å². The van der Waals surface area contributed by atoms with Gasteiger partial charge in [-0.2, -0.15) is 9.10 Å². The van der Waals surface area contributed by atoms with Gasteiger partial charge in [-0.25, -0.2) is 31.1 Å². The number of methoxy groups -OCH3 is 3. The molecular formula is C44H55IN8O11S2. The molecule has 0 saturated heterocycles. The minimum absolute atomic E-state index is 0.113. The topological polar surface area (TPSA) is 253 Å². The second kappa shape index (κ2) is 20.5. The molecule has 0 aliphatic heterocycles. The van der Waals surface area contributed by atoms with Crippen LogP contribution in [-0.2, 0) is 39.7 Å². The highest BCUT2D eigenvalue weighted by atomic mass is 127. The van der Waals surface area contributed by atoms with Crippen LogP contribution in [0.1, 0.15) is 58.2 Å². The van der Waals surface area contributed by atoms with Crippen molar-refractivity contribution in [3.63, 3.8) is 0 Å². The van der Waals surface area contributed by atoms with E-state index in [-0.39, 0.29) is 34.6 Å². The number of hydrogen-bond acceptors (Lipinski definition) is 12. The van der Waals surface area contributed by atoms with E-state index in [2.05, 4.69) is 30.8 Å². The first-order valence-corrected chi connectivity index (χ1v) is 24.4. The summed E-state index contributed by atoms with van der Waals surface area (Å²) in [5.74, 6) is 1.49. The van der Waals surface area contributed by atoms with Crippen LogP contribution in [0.3, 0.4) is 0 Å². The lowest BCUT2D eigenvalue weighted by molar-refractivity contribution is -0.00652. The molecule has 1 heterocycles. The number of benzene rings is 4. The van der Waals surface area contributed by atoms with Crippen molar-refractivity contribution in [1.82, 2.24) is 39.9 Å². The van der Waals surface area contributed by atoms with Gasteiger partial charge in [-0.15, -0.1) is 10.2 Å². The second-order valence-electron chi connectivity index (χ2n) is 17.3. The van der Waals surface area contributed by atoms with Crippen LogP contribution in [0.2, 0.25) is 0 Å². The van der Waals surface area contributed by atoms with Crippen LogP contribution < -0.4 is 29.6 Å². The van der Waals surface area contributed by atoms with Gasteiger partial charge < -0.3 is 35.1 Å². The average Bonchev–Trinajstić information content (AvgIpc) is 3.71. The highest BCUT2D eigenvalue weighted by Gasteiger charge is 2.57. The number of ether oxygens (including phenoxy) is 3. The Morgan fingerprint density at radius 2 is 1.20 bits per heavy atom. The number of hydrogen-bond donors (Lipinski definition) is 5. The fourth-order valence-corrected chi connectivity index (χ4v) is 12.6. The monoisotopic (exact) mass is 1060 g/mol. The van der Waals surface area contributed by atoms with Crippen molar-refractivity contribution in [2.75, 3.05) is 27.9 Å². The third-order valence-electron chi connectivity index (χ3n) is 11.1. The molecule has 0 aliphatic rings. The molecule has 5 aromatic rings. The Labute approximate surface area is 398 Å². The predicted molar refractivity (Wildman–Crippen MR) is 253 cm³/mol. The first kappa shape index (κ1) is 51.4. The fraction of sp³-hybridized carbons (Fsp3) is 0.386. The summed E-state index contributed by atoms with van der Waals surface area (Å²) in [4.78, 5) is 24.7. The molecule has 356 valence electrons. The molecule has 0 fully saturated rings. The van der Waals surface area contributed by atoms with Gasteiger partial charge in [0.15, 0.2) is 0 Å². The summed E-state index contributed by atoms with van der Waals surface area (Å²) in [6.07, 6.45) is -3.03. The Balaban J connectivity index is 1.74. The van der Waals surface area contributed by atoms with Gasteiger partial charge >= 0.3 is 12.2 Å². The summed E-state index contributed by atoms with van der Waals surface area (Å²) < 4.78 is 81.2. The number of nitrogens with zero attached hydrogens (tertiary/aromatic N) is 5. The van der Waals surface area contributed by atoms with E-state index in [1.165, 1.54) is 25.1 Å². The third kappa shape index (κ3) is 11.5. The maximum absolute atomic E-state index is 15.7. The van der Waals surface area contributed by atoms with E-state index in [1.807, 2.05) is 22.6 Å². The molecule has 66 heavy (non-hydrogen) atoms. The van der Waals surface area contributed by atoms with Gasteiger partial charge in [-0.05, 0) is 104 Å². The van der Waals surface area contributed by atoms with E-state index in [0.717, 1.165) is 15.9 Å². The molecule has 19 nitrogen and oxygen atoms in total. The molecule has 0 bridgehead atoms. The summed E-state index contributed by atoms with van der Waals surface area (Å²) in [7, 11) is -5.36. The number of amides is 2. The normalized spacial score (nSPS) is 13.0. The minimum Gasteiger partial charge on any atom is -0.497 e. The predicted octanol–water partition coefficient (Wildman–Crippen LogP) is 6.42. The molecule has 0 spiro atoms. The van der Waals surface area contributed by atoms with Gasteiger partial charge in [-0.1, -0.05) is 77.9 Å². The fourth-order valence-electron chi connectivity index (χ4n) is 8.28. The van der Waals surface area contributed by atoms with E-state index in [4.69, 9.17) is 14.2 Å². The quantitative estimate of drug-likeness (QED) is 0.0560. The first-order valence-electron chi connectivity index (χ1n) is 20.4. The molecule has 1 aromatic heterocycles. The maximum atomic E-state index is 15.7. The van der Waals surface area contributed by atoms with Crippen LogP contribution in [-0.4, -0.2) is 103 Å². The van der Waals surface area contributed by atoms with E-state index in [1.54, 1.807) is 121 Å². The molecule has 0 saturated carbocycles. The van der Waals surface area contributed by atoms with Gasteiger partial charge in [0, 0.05) is 23.2 Å². The van der Waals surface area contributed by atoms with Gasteiger partial charge in [-0.3, -0.25) is 0 Å². The van der Waals surface area contributed by atoms with Gasteiger partial charge in [0.2, 0.25) is 25.9 Å². The molecule has 22 heteroatoms. The summed E-state index contributed by atoms with van der Waals surface area (Å²) in [5.41, 5.74) is -2.07. The number of rotatable bonds is 19. The van der Waals surface area contributed by atoms with Gasteiger partial charge in [0.05, 0.1) is 45.0 Å². The highest BCUT2D eigenvalue weighted by Crippen LogP contribution is 2.47. The van der Waals surface area contributed by atoms with Crippen LogP contribution in [0.25, 0.3) is 11.4 Å². The van der Waals surface area contributed by atoms with E-state index in [9.17, 15) is 19.8 Å². The zero-order valence-electron chi connectivity index (χ0n) is 38.0. The number of tetrazole rings is 1. The summed E-state index contributed by atoms with van der Waals surface area (Å²) in [6.45, 7) is 9.11. The van der Waals surface area contributed by atoms with Crippen LogP contribution >= 0.6 is 22.6 Å².